The van der Waals surface area contributed by atoms with E-state index in [-0.39, 0.29) is 0 Å². The van der Waals surface area contributed by atoms with E-state index in [1.54, 1.807) is 0 Å². The summed E-state index contributed by atoms with van der Waals surface area (Å²) in [6.45, 7) is 0. The summed E-state index contributed by atoms with van der Waals surface area (Å²) in [7, 11) is 0. The van der Waals surface area contributed by atoms with Crippen molar-refractivity contribution >= 4 is 0 Å². The quantitative estimate of drug-likeness (QED) is 0.218. The first-order chi connectivity index (χ1) is 21.3. The Bertz CT molecular complexity index is 2110. The lowest BCUT2D eigenvalue weighted by molar-refractivity contribution is 0.436. The van der Waals surface area contributed by atoms with Crippen LogP contribution in [0.3, 0.4) is 0 Å². The molecule has 9 rings (SSSR count). The van der Waals surface area contributed by atoms with Crippen molar-refractivity contribution in [1.29, 1.82) is 0 Å². The standard InChI is InChI=1S/C41H26O2/c1-2-10-27(11-3-1)28-18-20-29(21-19-28)37-24-25-38(42-37)30-22-23-36-40(26-30)43-39-17-9-8-16-35(39)41(36)33-14-6-4-12-31(33)32-13-5-7-15-34(32)41/h1-26H. The van der Waals surface area contributed by atoms with Gasteiger partial charge in [0.2, 0.25) is 0 Å². The Kier molecular flexibility index (Phi) is 5.15. The van der Waals surface area contributed by atoms with Crippen LogP contribution in [0.5, 0.6) is 11.5 Å². The predicted octanol–water partition coefficient (Wildman–Crippen LogP) is 10.7. The highest BCUT2D eigenvalue weighted by Gasteiger charge is 2.50. The van der Waals surface area contributed by atoms with E-state index in [0.717, 1.165) is 39.7 Å². The van der Waals surface area contributed by atoms with E-state index in [9.17, 15) is 0 Å². The fourth-order valence-electron chi connectivity index (χ4n) is 7.12. The first kappa shape index (κ1) is 24.0. The van der Waals surface area contributed by atoms with E-state index in [1.165, 1.54) is 38.9 Å². The van der Waals surface area contributed by atoms with Gasteiger partial charge in [0.15, 0.2) is 0 Å². The van der Waals surface area contributed by atoms with Crippen molar-refractivity contribution in [3.8, 4) is 56.4 Å². The maximum atomic E-state index is 6.66. The van der Waals surface area contributed by atoms with Crippen LogP contribution in [0, 0.1) is 0 Å². The van der Waals surface area contributed by atoms with Crippen molar-refractivity contribution in [2.45, 2.75) is 5.41 Å². The number of para-hydroxylation sites is 1. The molecule has 2 heteroatoms. The fraction of sp³-hybridized carbons (Fsp3) is 0.0244. The summed E-state index contributed by atoms with van der Waals surface area (Å²) in [6, 6.07) is 55.7. The number of hydrogen-bond donors (Lipinski definition) is 0. The summed E-state index contributed by atoms with van der Waals surface area (Å²) >= 11 is 0. The summed E-state index contributed by atoms with van der Waals surface area (Å²) in [4.78, 5) is 0. The Morgan fingerprint density at radius 1 is 0.349 bits per heavy atom. The van der Waals surface area contributed by atoms with E-state index in [2.05, 4.69) is 146 Å². The fourth-order valence-corrected chi connectivity index (χ4v) is 7.12. The second-order valence-electron chi connectivity index (χ2n) is 11.3. The van der Waals surface area contributed by atoms with Crippen LogP contribution in [0.25, 0.3) is 44.9 Å². The van der Waals surface area contributed by atoms with E-state index >= 15 is 0 Å². The number of ether oxygens (including phenoxy) is 1. The summed E-state index contributed by atoms with van der Waals surface area (Å²) < 4.78 is 13.1. The molecule has 1 aromatic heterocycles. The highest BCUT2D eigenvalue weighted by Crippen LogP contribution is 2.62. The van der Waals surface area contributed by atoms with Crippen molar-refractivity contribution in [3.63, 3.8) is 0 Å². The summed E-state index contributed by atoms with van der Waals surface area (Å²) in [5.41, 5.74) is 11.4. The molecule has 1 aliphatic carbocycles. The molecule has 0 amide bonds. The molecule has 0 fully saturated rings. The van der Waals surface area contributed by atoms with Crippen molar-refractivity contribution < 1.29 is 9.15 Å². The van der Waals surface area contributed by atoms with Gasteiger partial charge in [-0.3, -0.25) is 0 Å². The molecule has 1 spiro atoms. The Hall–Kier alpha value is -5.60. The number of fused-ring (bicyclic) bond motifs is 9. The Morgan fingerprint density at radius 2 is 0.860 bits per heavy atom. The number of rotatable bonds is 3. The van der Waals surface area contributed by atoms with Crippen LogP contribution in [0.1, 0.15) is 22.3 Å². The molecule has 2 aliphatic rings. The van der Waals surface area contributed by atoms with Gasteiger partial charge in [0.1, 0.15) is 23.0 Å². The lowest BCUT2D eigenvalue weighted by Gasteiger charge is -2.39. The van der Waals surface area contributed by atoms with Crippen molar-refractivity contribution in [2.24, 2.45) is 0 Å². The van der Waals surface area contributed by atoms with Crippen molar-refractivity contribution in [2.75, 3.05) is 0 Å². The van der Waals surface area contributed by atoms with Crippen molar-refractivity contribution in [1.82, 2.24) is 0 Å². The molecule has 2 nitrogen and oxygen atoms in total. The second-order valence-corrected chi connectivity index (χ2v) is 11.3. The zero-order valence-corrected chi connectivity index (χ0v) is 23.3. The smallest absolute Gasteiger partial charge is 0.134 e. The first-order valence-electron chi connectivity index (χ1n) is 14.7. The molecule has 43 heavy (non-hydrogen) atoms. The molecule has 0 bridgehead atoms. The number of furan rings is 1. The highest BCUT2D eigenvalue weighted by molar-refractivity contribution is 5.88. The first-order valence-corrected chi connectivity index (χ1v) is 14.7. The van der Waals surface area contributed by atoms with Gasteiger partial charge in [-0.1, -0.05) is 133 Å². The predicted molar refractivity (Wildman–Crippen MR) is 172 cm³/mol. The summed E-state index contributed by atoms with van der Waals surface area (Å²) in [5, 5.41) is 0. The summed E-state index contributed by atoms with van der Waals surface area (Å²) in [6.07, 6.45) is 0. The molecule has 0 radical (unpaired) electrons. The normalized spacial score (nSPS) is 13.5. The molecule has 1 aliphatic heterocycles. The van der Waals surface area contributed by atoms with Gasteiger partial charge in [-0.25, -0.2) is 0 Å². The monoisotopic (exact) mass is 550 g/mol. The Labute approximate surface area is 250 Å². The molecule has 7 aromatic rings. The Morgan fingerprint density at radius 3 is 1.58 bits per heavy atom. The van der Waals surface area contributed by atoms with Crippen LogP contribution in [0.2, 0.25) is 0 Å². The summed E-state index contributed by atoms with van der Waals surface area (Å²) in [5.74, 6) is 3.40. The maximum Gasteiger partial charge on any atom is 0.134 e. The molecule has 0 unspecified atom stereocenters. The number of benzene rings is 6. The largest absolute Gasteiger partial charge is 0.457 e. The minimum atomic E-state index is -0.454. The maximum absolute atomic E-state index is 6.66. The van der Waals surface area contributed by atoms with E-state index in [4.69, 9.17) is 9.15 Å². The average molecular weight is 551 g/mol. The topological polar surface area (TPSA) is 22.4 Å². The minimum absolute atomic E-state index is 0.454. The van der Waals surface area contributed by atoms with Gasteiger partial charge >= 0.3 is 0 Å². The molecule has 0 saturated heterocycles. The third-order valence-electron chi connectivity index (χ3n) is 9.02. The van der Waals surface area contributed by atoms with Gasteiger partial charge in [0.05, 0.1) is 5.41 Å². The molecular formula is C41H26O2. The lowest BCUT2D eigenvalue weighted by Crippen LogP contribution is -2.32. The molecule has 0 atom stereocenters. The zero-order valence-electron chi connectivity index (χ0n) is 23.3. The average Bonchev–Trinajstić information content (AvgIpc) is 3.68. The van der Waals surface area contributed by atoms with Crippen LogP contribution in [-0.4, -0.2) is 0 Å². The van der Waals surface area contributed by atoms with E-state index in [1.807, 2.05) is 12.1 Å². The zero-order chi connectivity index (χ0) is 28.4. The van der Waals surface area contributed by atoms with E-state index in [0.29, 0.717) is 0 Å². The van der Waals surface area contributed by atoms with Crippen molar-refractivity contribution in [3.05, 3.63) is 180 Å². The van der Waals surface area contributed by atoms with Crippen LogP contribution >= 0.6 is 0 Å². The lowest BCUT2D eigenvalue weighted by atomic mass is 9.66. The Balaban J connectivity index is 1.15. The van der Waals surface area contributed by atoms with E-state index < -0.39 is 5.41 Å². The molecule has 0 N–H and O–H groups in total. The third kappa shape index (κ3) is 3.47. The highest BCUT2D eigenvalue weighted by atomic mass is 16.5. The van der Waals surface area contributed by atoms with Gasteiger partial charge in [0.25, 0.3) is 0 Å². The van der Waals surface area contributed by atoms with Crippen LogP contribution < -0.4 is 4.74 Å². The minimum Gasteiger partial charge on any atom is -0.457 e. The van der Waals surface area contributed by atoms with Gasteiger partial charge in [-0.05, 0) is 57.6 Å². The van der Waals surface area contributed by atoms with Gasteiger partial charge in [-0.15, -0.1) is 0 Å². The molecule has 2 heterocycles. The third-order valence-corrected chi connectivity index (χ3v) is 9.02. The number of hydrogen-bond acceptors (Lipinski definition) is 2. The van der Waals surface area contributed by atoms with Gasteiger partial charge in [-0.2, -0.15) is 0 Å². The van der Waals surface area contributed by atoms with Crippen LogP contribution in [-0.2, 0) is 5.41 Å². The molecule has 202 valence electrons. The second kappa shape index (κ2) is 9.20. The van der Waals surface area contributed by atoms with Gasteiger partial charge < -0.3 is 9.15 Å². The molecule has 0 saturated carbocycles. The van der Waals surface area contributed by atoms with Crippen LogP contribution in [0.15, 0.2) is 162 Å². The SMILES string of the molecule is c1ccc(-c2ccc(-c3ccc(-c4ccc5c(c4)Oc4ccccc4C54c5ccccc5-c5ccccc54)o3)cc2)cc1. The molecule has 6 aromatic carbocycles. The molecular weight excluding hydrogens is 524 g/mol. The van der Waals surface area contributed by atoms with Gasteiger partial charge in [0, 0.05) is 22.3 Å². The van der Waals surface area contributed by atoms with Crippen LogP contribution in [0.4, 0.5) is 0 Å².